The van der Waals surface area contributed by atoms with Gasteiger partial charge in [0.25, 0.3) is 5.91 Å². The third kappa shape index (κ3) is 4.12. The molecule has 8 heteroatoms. The lowest BCUT2D eigenvalue weighted by Crippen LogP contribution is -2.38. The first-order valence-corrected chi connectivity index (χ1v) is 11.4. The van der Waals surface area contributed by atoms with Gasteiger partial charge >= 0.3 is 5.97 Å². The molecule has 1 atom stereocenters. The van der Waals surface area contributed by atoms with Crippen LogP contribution in [0.3, 0.4) is 0 Å². The highest BCUT2D eigenvalue weighted by atomic mass is 32.1. The molecule has 2 aromatic heterocycles. The Balaban J connectivity index is 1.68. The van der Waals surface area contributed by atoms with Crippen molar-refractivity contribution >= 4 is 44.9 Å². The van der Waals surface area contributed by atoms with E-state index in [4.69, 9.17) is 4.74 Å². The van der Waals surface area contributed by atoms with Gasteiger partial charge in [0.15, 0.2) is 0 Å². The number of amides is 1. The van der Waals surface area contributed by atoms with Gasteiger partial charge in [-0.1, -0.05) is 12.1 Å². The number of piperidine rings is 1. The lowest BCUT2D eigenvalue weighted by Gasteiger charge is -2.34. The Morgan fingerprint density at radius 2 is 2.06 bits per heavy atom. The molecule has 0 bridgehead atoms. The Morgan fingerprint density at radius 1 is 1.26 bits per heavy atom. The third-order valence-corrected chi connectivity index (χ3v) is 6.86. The number of aromatic nitrogens is 2. The highest BCUT2D eigenvalue weighted by Crippen LogP contribution is 2.37. The second kappa shape index (κ2) is 9.01. The zero-order valence-corrected chi connectivity index (χ0v) is 18.8. The average molecular weight is 439 g/mol. The fourth-order valence-electron chi connectivity index (χ4n) is 4.06. The third-order valence-electron chi connectivity index (χ3n) is 5.66. The number of carbonyl (C=O) groups is 2. The number of nitrogens with zero attached hydrogens (tertiary/aromatic N) is 3. The molecule has 1 amide bonds. The number of para-hydroxylation sites is 1. The number of esters is 1. The molecular formula is C23H26N4O3S. The van der Waals surface area contributed by atoms with E-state index in [-0.39, 0.29) is 12.5 Å². The molecule has 0 radical (unpaired) electrons. The predicted molar refractivity (Wildman–Crippen MR) is 123 cm³/mol. The summed E-state index contributed by atoms with van der Waals surface area (Å²) in [5.74, 6) is 0.172. The van der Waals surface area contributed by atoms with E-state index in [2.05, 4.69) is 27.1 Å². The first-order chi connectivity index (χ1) is 15.0. The second-order valence-electron chi connectivity index (χ2n) is 7.69. The molecule has 1 aliphatic heterocycles. The van der Waals surface area contributed by atoms with Crippen LogP contribution in [0.5, 0.6) is 0 Å². The summed E-state index contributed by atoms with van der Waals surface area (Å²) in [5, 5.41) is 3.82. The average Bonchev–Trinajstić information content (AvgIpc) is 3.11. The molecule has 1 N–H and O–H groups in total. The molecule has 0 spiro atoms. The van der Waals surface area contributed by atoms with Crippen LogP contribution in [0, 0.1) is 6.92 Å². The summed E-state index contributed by atoms with van der Waals surface area (Å²) in [5.41, 5.74) is 1.62. The van der Waals surface area contributed by atoms with E-state index >= 15 is 0 Å². The first-order valence-electron chi connectivity index (χ1n) is 10.6. The van der Waals surface area contributed by atoms with Crippen molar-refractivity contribution in [3.05, 3.63) is 46.6 Å². The molecular weight excluding hydrogens is 412 g/mol. The van der Waals surface area contributed by atoms with Gasteiger partial charge < -0.3 is 15.0 Å². The zero-order valence-electron chi connectivity index (χ0n) is 18.0. The van der Waals surface area contributed by atoms with Crippen LogP contribution in [0.25, 0.3) is 10.2 Å². The lowest BCUT2D eigenvalue weighted by molar-refractivity contribution is 0.0527. The van der Waals surface area contributed by atoms with E-state index in [1.54, 1.807) is 37.5 Å². The van der Waals surface area contributed by atoms with Crippen molar-refractivity contribution in [3.63, 3.8) is 0 Å². The maximum atomic E-state index is 13.2. The lowest BCUT2D eigenvalue weighted by atomic mass is 10.0. The van der Waals surface area contributed by atoms with Crippen LogP contribution in [0.2, 0.25) is 0 Å². The summed E-state index contributed by atoms with van der Waals surface area (Å²) in [6, 6.07) is 7.27. The van der Waals surface area contributed by atoms with E-state index in [0.717, 1.165) is 41.0 Å². The van der Waals surface area contributed by atoms with E-state index in [1.165, 1.54) is 17.8 Å². The summed E-state index contributed by atoms with van der Waals surface area (Å²) in [7, 11) is 0. The van der Waals surface area contributed by atoms with E-state index in [0.29, 0.717) is 22.2 Å². The molecule has 4 rings (SSSR count). The summed E-state index contributed by atoms with van der Waals surface area (Å²) >= 11 is 1.35. The molecule has 31 heavy (non-hydrogen) atoms. The maximum absolute atomic E-state index is 13.2. The standard InChI is InChI=1S/C23H26N4O3S/c1-4-30-23(29)16-10-5-6-11-17(16)26-21(28)19-15(3)18-20(24-13-25-22(18)31-19)27-12-8-7-9-14(27)2/h5-6,10-11,13-14H,4,7-9,12H2,1-3H3,(H,26,28). The summed E-state index contributed by atoms with van der Waals surface area (Å²) in [6.07, 6.45) is 5.07. The highest BCUT2D eigenvalue weighted by molar-refractivity contribution is 7.20. The van der Waals surface area contributed by atoms with Gasteiger partial charge in [-0.25, -0.2) is 14.8 Å². The Morgan fingerprint density at radius 3 is 2.84 bits per heavy atom. The predicted octanol–water partition coefficient (Wildman–Crippen LogP) is 4.81. The fourth-order valence-corrected chi connectivity index (χ4v) is 5.10. The number of aryl methyl sites for hydroxylation is 1. The molecule has 1 unspecified atom stereocenters. The van der Waals surface area contributed by atoms with Gasteiger partial charge in [0.2, 0.25) is 0 Å². The van der Waals surface area contributed by atoms with Gasteiger partial charge in [-0.05, 0) is 57.7 Å². The Bertz CT molecular complexity index is 1130. The number of fused-ring (bicyclic) bond motifs is 1. The first kappa shape index (κ1) is 21.2. The summed E-state index contributed by atoms with van der Waals surface area (Å²) in [6.45, 7) is 7.13. The summed E-state index contributed by atoms with van der Waals surface area (Å²) < 4.78 is 5.11. The van der Waals surface area contributed by atoms with Crippen LogP contribution < -0.4 is 10.2 Å². The van der Waals surface area contributed by atoms with Crippen molar-refractivity contribution in [1.82, 2.24) is 9.97 Å². The summed E-state index contributed by atoms with van der Waals surface area (Å²) in [4.78, 5) is 38.1. The van der Waals surface area contributed by atoms with Crippen LogP contribution in [0.4, 0.5) is 11.5 Å². The monoisotopic (exact) mass is 438 g/mol. The zero-order chi connectivity index (χ0) is 22.0. The second-order valence-corrected chi connectivity index (χ2v) is 8.69. The van der Waals surface area contributed by atoms with E-state index in [9.17, 15) is 9.59 Å². The molecule has 1 aliphatic rings. The molecule has 1 fully saturated rings. The largest absolute Gasteiger partial charge is 0.462 e. The number of hydrogen-bond donors (Lipinski definition) is 1. The molecule has 0 saturated carbocycles. The van der Waals surface area contributed by atoms with Gasteiger partial charge in [-0.2, -0.15) is 0 Å². The van der Waals surface area contributed by atoms with Crippen molar-refractivity contribution in [1.29, 1.82) is 0 Å². The number of hydrogen-bond acceptors (Lipinski definition) is 7. The van der Waals surface area contributed by atoms with Crippen molar-refractivity contribution < 1.29 is 14.3 Å². The van der Waals surface area contributed by atoms with E-state index < -0.39 is 5.97 Å². The topological polar surface area (TPSA) is 84.4 Å². The highest BCUT2D eigenvalue weighted by Gasteiger charge is 2.26. The maximum Gasteiger partial charge on any atom is 0.340 e. The fraction of sp³-hybridized carbons (Fsp3) is 0.391. The van der Waals surface area contributed by atoms with Crippen LogP contribution in [-0.2, 0) is 4.74 Å². The molecule has 1 saturated heterocycles. The van der Waals surface area contributed by atoms with Crippen LogP contribution in [0.15, 0.2) is 30.6 Å². The minimum Gasteiger partial charge on any atom is -0.462 e. The molecule has 3 aromatic rings. The number of carbonyl (C=O) groups excluding carboxylic acids is 2. The number of thiophene rings is 1. The van der Waals surface area contributed by atoms with Gasteiger partial charge in [-0.15, -0.1) is 11.3 Å². The normalized spacial score (nSPS) is 16.4. The molecule has 0 aliphatic carbocycles. The van der Waals surface area contributed by atoms with Gasteiger partial charge in [0.1, 0.15) is 17.0 Å². The number of rotatable bonds is 5. The van der Waals surface area contributed by atoms with Crippen LogP contribution in [0.1, 0.15) is 58.7 Å². The van der Waals surface area contributed by atoms with Crippen LogP contribution in [-0.4, -0.2) is 41.0 Å². The smallest absolute Gasteiger partial charge is 0.340 e. The Kier molecular flexibility index (Phi) is 6.18. The van der Waals surface area contributed by atoms with Crippen molar-refractivity contribution in [2.24, 2.45) is 0 Å². The number of benzene rings is 1. The molecule has 3 heterocycles. The van der Waals surface area contributed by atoms with Crippen molar-refractivity contribution in [2.75, 3.05) is 23.4 Å². The minimum atomic E-state index is -0.460. The number of ether oxygens (including phenoxy) is 1. The minimum absolute atomic E-state index is 0.269. The Labute approximate surface area is 185 Å². The number of anilines is 2. The van der Waals surface area contributed by atoms with E-state index in [1.807, 2.05) is 6.92 Å². The van der Waals surface area contributed by atoms with Gasteiger partial charge in [-0.3, -0.25) is 4.79 Å². The van der Waals surface area contributed by atoms with Crippen LogP contribution >= 0.6 is 11.3 Å². The van der Waals surface area contributed by atoms with Gasteiger partial charge in [0, 0.05) is 12.6 Å². The molecule has 162 valence electrons. The quantitative estimate of drug-likeness (QED) is 0.576. The van der Waals surface area contributed by atoms with Crippen molar-refractivity contribution in [3.8, 4) is 0 Å². The SMILES string of the molecule is CCOC(=O)c1ccccc1NC(=O)c1sc2ncnc(N3CCCCC3C)c2c1C. The number of nitrogens with one attached hydrogen (secondary N) is 1. The van der Waals surface area contributed by atoms with Crippen molar-refractivity contribution in [2.45, 2.75) is 46.1 Å². The van der Waals surface area contributed by atoms with Gasteiger partial charge in [0.05, 0.1) is 28.1 Å². The Hall–Kier alpha value is -3.00. The molecule has 1 aromatic carbocycles. The molecule has 7 nitrogen and oxygen atoms in total.